The van der Waals surface area contributed by atoms with Crippen molar-refractivity contribution in [2.24, 2.45) is 0 Å². The molecular weight excluding hydrogens is 478 g/mol. The van der Waals surface area contributed by atoms with Crippen LogP contribution in [0.4, 0.5) is 0 Å². The van der Waals surface area contributed by atoms with Crippen molar-refractivity contribution in [3.63, 3.8) is 0 Å². The van der Waals surface area contributed by atoms with E-state index in [9.17, 15) is 8.42 Å². The topological polar surface area (TPSA) is 102 Å². The summed E-state index contributed by atoms with van der Waals surface area (Å²) in [5.74, 6) is 0.293. The van der Waals surface area contributed by atoms with E-state index in [1.54, 1.807) is 36.5 Å². The van der Waals surface area contributed by atoms with Gasteiger partial charge in [0, 0.05) is 37.3 Å². The minimum Gasteiger partial charge on any atom is -0.348 e. The first kappa shape index (κ1) is 23.6. The zero-order valence-electron chi connectivity index (χ0n) is 20.8. The number of piperidine rings is 1. The highest BCUT2D eigenvalue weighted by atomic mass is 32.2. The van der Waals surface area contributed by atoms with Gasteiger partial charge >= 0.3 is 0 Å². The van der Waals surface area contributed by atoms with Crippen molar-refractivity contribution in [2.45, 2.75) is 61.5 Å². The van der Waals surface area contributed by atoms with Gasteiger partial charge in [-0.2, -0.15) is 0 Å². The molecule has 1 N–H and O–H groups in total. The molecule has 1 unspecified atom stereocenters. The van der Waals surface area contributed by atoms with Gasteiger partial charge in [-0.3, -0.25) is 0 Å². The molecule has 0 amide bonds. The minimum absolute atomic E-state index is 0.000988. The molecule has 0 radical (unpaired) electrons. The summed E-state index contributed by atoms with van der Waals surface area (Å²) >= 11 is 0. The summed E-state index contributed by atoms with van der Waals surface area (Å²) in [4.78, 5) is 15.1. The fourth-order valence-electron chi connectivity index (χ4n) is 5.60. The van der Waals surface area contributed by atoms with Crippen LogP contribution in [0.1, 0.15) is 38.6 Å². The smallest absolute Gasteiger partial charge is 0.226 e. The average molecular weight is 510 g/mol. The van der Waals surface area contributed by atoms with Crippen molar-refractivity contribution in [3.8, 4) is 0 Å². The van der Waals surface area contributed by atoms with Crippen LogP contribution in [0.15, 0.2) is 52.5 Å². The van der Waals surface area contributed by atoms with Crippen molar-refractivity contribution >= 4 is 31.9 Å². The number of aromatic nitrogens is 4. The number of ether oxygens (including phenoxy) is 2. The average Bonchev–Trinajstić information content (AvgIpc) is 3.55. The second-order valence-electron chi connectivity index (χ2n) is 10.2. The molecule has 1 aromatic carbocycles. The predicted molar refractivity (Wildman–Crippen MR) is 136 cm³/mol. The number of benzene rings is 1. The van der Waals surface area contributed by atoms with Crippen LogP contribution in [-0.4, -0.2) is 71.0 Å². The number of nitrogens with zero attached hydrogens (tertiary/aromatic N) is 4. The third-order valence-corrected chi connectivity index (χ3v) is 8.93. The number of aromatic amines is 1. The molecule has 0 saturated carbocycles. The second kappa shape index (κ2) is 8.65. The lowest BCUT2D eigenvalue weighted by Crippen LogP contribution is -2.40. The number of hydrogen-bond acceptors (Lipinski definition) is 7. The molecule has 4 aromatic rings. The molecule has 2 aliphatic rings. The van der Waals surface area contributed by atoms with E-state index in [-0.39, 0.29) is 22.1 Å². The highest BCUT2D eigenvalue weighted by molar-refractivity contribution is 7.91. The zero-order valence-corrected chi connectivity index (χ0v) is 21.6. The number of hydrogen-bond donors (Lipinski definition) is 1. The van der Waals surface area contributed by atoms with E-state index < -0.39 is 15.6 Å². The Labute approximate surface area is 210 Å². The Kier molecular flexibility index (Phi) is 5.67. The van der Waals surface area contributed by atoms with E-state index in [0.29, 0.717) is 17.8 Å². The number of likely N-dealkylation sites (tertiary alicyclic amines) is 1. The van der Waals surface area contributed by atoms with Crippen LogP contribution >= 0.6 is 0 Å². The Hall–Kier alpha value is -2.79. The number of H-pyrrole nitrogens is 1. The van der Waals surface area contributed by atoms with E-state index >= 15 is 0 Å². The SMILES string of the molecule is Cc1nc2c(S(=O)(=O)c3ccccc3)nc3[nH]ccc3c2n1C1CCN(CC2COC(C)(C)O2)CC1. The third-order valence-electron chi connectivity index (χ3n) is 7.24. The van der Waals surface area contributed by atoms with Crippen LogP contribution in [0.5, 0.6) is 0 Å². The monoisotopic (exact) mass is 509 g/mol. The number of aryl methyl sites for hydroxylation is 1. The van der Waals surface area contributed by atoms with Crippen LogP contribution in [-0.2, 0) is 19.3 Å². The molecule has 2 aliphatic heterocycles. The molecule has 3 aromatic heterocycles. The first-order valence-electron chi connectivity index (χ1n) is 12.4. The van der Waals surface area contributed by atoms with Gasteiger partial charge in [-0.25, -0.2) is 18.4 Å². The van der Waals surface area contributed by atoms with Gasteiger partial charge in [0.05, 0.1) is 23.1 Å². The van der Waals surface area contributed by atoms with Gasteiger partial charge in [-0.05, 0) is 51.8 Å². The number of sulfone groups is 1. The van der Waals surface area contributed by atoms with E-state index in [0.717, 1.165) is 49.2 Å². The summed E-state index contributed by atoms with van der Waals surface area (Å²) in [5, 5.41) is 0.887. The molecule has 36 heavy (non-hydrogen) atoms. The van der Waals surface area contributed by atoms with Gasteiger partial charge in [0.2, 0.25) is 9.84 Å². The lowest BCUT2D eigenvalue weighted by Gasteiger charge is -2.34. The minimum atomic E-state index is -3.84. The van der Waals surface area contributed by atoms with Gasteiger partial charge < -0.3 is 23.9 Å². The summed E-state index contributed by atoms with van der Waals surface area (Å²) in [5.41, 5.74) is 1.82. The number of imidazole rings is 1. The standard InChI is InChI=1S/C26H31N5O4S/c1-17-28-22-23(31(17)18-10-13-30(14-11-18)15-19-16-34-26(2,3)35-19)21-9-12-27-24(21)29-25(22)36(32,33)20-7-5-4-6-8-20/h4-9,12,18-19H,10-11,13-16H2,1-3H3,(H,27,29). The Morgan fingerprint density at radius 3 is 2.56 bits per heavy atom. The van der Waals surface area contributed by atoms with Crippen LogP contribution in [0.3, 0.4) is 0 Å². The van der Waals surface area contributed by atoms with Crippen LogP contribution < -0.4 is 0 Å². The van der Waals surface area contributed by atoms with E-state index in [1.807, 2.05) is 26.8 Å². The predicted octanol–water partition coefficient (Wildman–Crippen LogP) is 3.84. The van der Waals surface area contributed by atoms with Crippen LogP contribution in [0.25, 0.3) is 22.1 Å². The molecule has 10 heteroatoms. The molecule has 190 valence electrons. The van der Waals surface area contributed by atoms with Gasteiger partial charge in [0.1, 0.15) is 17.0 Å². The van der Waals surface area contributed by atoms with Crippen LogP contribution in [0.2, 0.25) is 0 Å². The molecule has 2 saturated heterocycles. The number of pyridine rings is 1. The van der Waals surface area contributed by atoms with Gasteiger partial charge in [0.15, 0.2) is 10.8 Å². The number of fused-ring (bicyclic) bond motifs is 3. The van der Waals surface area contributed by atoms with Gasteiger partial charge in [-0.15, -0.1) is 0 Å². The Morgan fingerprint density at radius 1 is 1.11 bits per heavy atom. The summed E-state index contributed by atoms with van der Waals surface area (Å²) < 4.78 is 41.2. The van der Waals surface area contributed by atoms with Crippen molar-refractivity contribution in [1.82, 2.24) is 24.4 Å². The van der Waals surface area contributed by atoms with Crippen molar-refractivity contribution < 1.29 is 17.9 Å². The number of rotatable bonds is 5. The maximum absolute atomic E-state index is 13.6. The van der Waals surface area contributed by atoms with Crippen molar-refractivity contribution in [3.05, 3.63) is 48.4 Å². The maximum atomic E-state index is 13.6. The lowest BCUT2D eigenvalue weighted by molar-refractivity contribution is -0.140. The molecular formula is C26H31N5O4S. The molecule has 2 fully saturated rings. The highest BCUT2D eigenvalue weighted by Gasteiger charge is 2.35. The van der Waals surface area contributed by atoms with Crippen molar-refractivity contribution in [2.75, 3.05) is 26.2 Å². The zero-order chi connectivity index (χ0) is 25.1. The van der Waals surface area contributed by atoms with E-state index in [1.165, 1.54) is 0 Å². The van der Waals surface area contributed by atoms with Crippen molar-refractivity contribution in [1.29, 1.82) is 0 Å². The highest BCUT2D eigenvalue weighted by Crippen LogP contribution is 2.36. The Bertz CT molecular complexity index is 1520. The summed E-state index contributed by atoms with van der Waals surface area (Å²) in [6.45, 7) is 9.20. The third kappa shape index (κ3) is 4.02. The molecule has 0 aliphatic carbocycles. The van der Waals surface area contributed by atoms with Gasteiger partial charge in [-0.1, -0.05) is 18.2 Å². The molecule has 0 bridgehead atoms. The second-order valence-corrected chi connectivity index (χ2v) is 12.0. The summed E-state index contributed by atoms with van der Waals surface area (Å²) in [6, 6.07) is 10.6. The first-order chi connectivity index (χ1) is 17.2. The quantitative estimate of drug-likeness (QED) is 0.436. The first-order valence-corrected chi connectivity index (χ1v) is 13.9. The van der Waals surface area contributed by atoms with Gasteiger partial charge in [0.25, 0.3) is 0 Å². The largest absolute Gasteiger partial charge is 0.348 e. The molecule has 5 heterocycles. The van der Waals surface area contributed by atoms with E-state index in [2.05, 4.69) is 19.4 Å². The molecule has 0 spiro atoms. The fraction of sp³-hybridized carbons (Fsp3) is 0.462. The molecule has 9 nitrogen and oxygen atoms in total. The lowest BCUT2D eigenvalue weighted by atomic mass is 10.0. The molecule has 1 atom stereocenters. The van der Waals surface area contributed by atoms with Crippen LogP contribution in [0, 0.1) is 6.92 Å². The normalized spacial score (nSPS) is 21.6. The fourth-order valence-corrected chi connectivity index (χ4v) is 6.94. The molecule has 6 rings (SSSR count). The Balaban J connectivity index is 1.35. The summed E-state index contributed by atoms with van der Waals surface area (Å²) in [7, 11) is -3.84. The summed E-state index contributed by atoms with van der Waals surface area (Å²) in [6.07, 6.45) is 3.77. The maximum Gasteiger partial charge on any atom is 0.226 e. The Morgan fingerprint density at radius 2 is 1.86 bits per heavy atom. The number of nitrogens with one attached hydrogen (secondary N) is 1. The van der Waals surface area contributed by atoms with E-state index in [4.69, 9.17) is 14.5 Å².